The standard InChI is InChI=1S/C25H25ClN2O5/c1-14-3-10-19-20(11-14)24(31)28(23(19)30)18-8-5-16(6-9-18)25(32)33-13-22(29)27-21-12-17(26)7-4-15(21)2/h4-9,12,14,19-20H,3,10-11,13H2,1-2H3,(H,27,29)/t14-,19+,20-/m0/s1. The molecule has 0 bridgehead atoms. The van der Waals surface area contributed by atoms with Gasteiger partial charge in [-0.25, -0.2) is 4.79 Å². The van der Waals surface area contributed by atoms with E-state index in [0.717, 1.165) is 24.8 Å². The van der Waals surface area contributed by atoms with E-state index in [-0.39, 0.29) is 29.2 Å². The lowest BCUT2D eigenvalue weighted by Gasteiger charge is -2.25. The Hall–Kier alpha value is -3.19. The molecular weight excluding hydrogens is 444 g/mol. The quantitative estimate of drug-likeness (QED) is 0.519. The third-order valence-corrected chi connectivity index (χ3v) is 6.59. The van der Waals surface area contributed by atoms with Gasteiger partial charge in [-0.05, 0) is 74.1 Å². The number of aryl methyl sites for hydroxylation is 1. The summed E-state index contributed by atoms with van der Waals surface area (Å²) in [5.74, 6) is -1.58. The van der Waals surface area contributed by atoms with Crippen molar-refractivity contribution in [2.45, 2.75) is 33.1 Å². The number of anilines is 2. The lowest BCUT2D eigenvalue weighted by molar-refractivity contribution is -0.122. The van der Waals surface area contributed by atoms with Crippen molar-refractivity contribution in [2.75, 3.05) is 16.8 Å². The maximum Gasteiger partial charge on any atom is 0.338 e. The van der Waals surface area contributed by atoms with Crippen LogP contribution in [0.3, 0.4) is 0 Å². The van der Waals surface area contributed by atoms with E-state index in [9.17, 15) is 19.2 Å². The summed E-state index contributed by atoms with van der Waals surface area (Å²) in [6, 6.07) is 11.2. The van der Waals surface area contributed by atoms with Gasteiger partial charge in [0, 0.05) is 10.7 Å². The molecule has 2 aromatic carbocycles. The monoisotopic (exact) mass is 468 g/mol. The van der Waals surface area contributed by atoms with Crippen molar-refractivity contribution in [3.05, 3.63) is 58.6 Å². The first kappa shape index (κ1) is 23.0. The molecule has 0 spiro atoms. The fraction of sp³-hybridized carbons (Fsp3) is 0.360. The van der Waals surface area contributed by atoms with E-state index in [2.05, 4.69) is 12.2 Å². The molecule has 2 aromatic rings. The Bertz CT molecular complexity index is 1110. The van der Waals surface area contributed by atoms with Crippen LogP contribution >= 0.6 is 11.6 Å². The number of ether oxygens (including phenoxy) is 1. The molecule has 8 heteroatoms. The second kappa shape index (κ2) is 9.35. The van der Waals surface area contributed by atoms with Crippen molar-refractivity contribution in [2.24, 2.45) is 17.8 Å². The average Bonchev–Trinajstić information content (AvgIpc) is 3.04. The summed E-state index contributed by atoms with van der Waals surface area (Å²) in [4.78, 5) is 51.4. The zero-order valence-corrected chi connectivity index (χ0v) is 19.2. The number of fused-ring (bicyclic) bond motifs is 1. The predicted octanol–water partition coefficient (Wildman–Crippen LogP) is 4.37. The topological polar surface area (TPSA) is 92.8 Å². The van der Waals surface area contributed by atoms with Gasteiger partial charge < -0.3 is 10.1 Å². The third kappa shape index (κ3) is 4.78. The highest BCUT2D eigenvalue weighted by Crippen LogP contribution is 2.42. The molecule has 0 radical (unpaired) electrons. The smallest absolute Gasteiger partial charge is 0.338 e. The number of hydrogen-bond acceptors (Lipinski definition) is 5. The minimum atomic E-state index is -0.680. The number of esters is 1. The number of nitrogens with zero attached hydrogens (tertiary/aromatic N) is 1. The molecule has 4 rings (SSSR count). The van der Waals surface area contributed by atoms with Crippen LogP contribution in [-0.4, -0.2) is 30.3 Å². The molecule has 2 fully saturated rings. The van der Waals surface area contributed by atoms with Crippen molar-refractivity contribution in [1.82, 2.24) is 0 Å². The van der Waals surface area contributed by atoms with Crippen LogP contribution in [0.4, 0.5) is 11.4 Å². The molecule has 1 saturated heterocycles. The van der Waals surface area contributed by atoms with E-state index in [1.54, 1.807) is 30.3 Å². The van der Waals surface area contributed by atoms with Gasteiger partial charge >= 0.3 is 5.97 Å². The second-order valence-corrected chi connectivity index (χ2v) is 9.21. The van der Waals surface area contributed by atoms with Crippen LogP contribution in [0.1, 0.15) is 42.1 Å². The van der Waals surface area contributed by atoms with Crippen molar-refractivity contribution in [3.8, 4) is 0 Å². The van der Waals surface area contributed by atoms with Gasteiger partial charge in [0.15, 0.2) is 6.61 Å². The summed E-state index contributed by atoms with van der Waals surface area (Å²) in [5.41, 5.74) is 2.03. The summed E-state index contributed by atoms with van der Waals surface area (Å²) in [6.45, 7) is 3.47. The first-order valence-electron chi connectivity index (χ1n) is 11.0. The van der Waals surface area contributed by atoms with Crippen LogP contribution in [0.5, 0.6) is 0 Å². The normalized spacial score (nSPS) is 22.2. The lowest BCUT2D eigenvalue weighted by Crippen LogP contribution is -2.30. The zero-order valence-electron chi connectivity index (χ0n) is 18.5. The number of amides is 3. The minimum Gasteiger partial charge on any atom is -0.452 e. The number of imide groups is 1. The van der Waals surface area contributed by atoms with Gasteiger partial charge in [-0.2, -0.15) is 0 Å². The van der Waals surface area contributed by atoms with Gasteiger partial charge in [0.1, 0.15) is 0 Å². The Morgan fingerprint density at radius 1 is 1.06 bits per heavy atom. The Morgan fingerprint density at radius 3 is 2.48 bits per heavy atom. The van der Waals surface area contributed by atoms with Crippen LogP contribution in [0.15, 0.2) is 42.5 Å². The van der Waals surface area contributed by atoms with Crippen molar-refractivity contribution < 1.29 is 23.9 Å². The highest BCUT2D eigenvalue weighted by molar-refractivity contribution is 6.31. The number of hydrogen-bond donors (Lipinski definition) is 1. The molecule has 1 heterocycles. The number of carbonyl (C=O) groups excluding carboxylic acids is 4. The van der Waals surface area contributed by atoms with E-state index < -0.39 is 18.5 Å². The molecule has 3 amide bonds. The molecule has 172 valence electrons. The summed E-state index contributed by atoms with van der Waals surface area (Å²) in [7, 11) is 0. The number of benzene rings is 2. The molecule has 1 aliphatic carbocycles. The van der Waals surface area contributed by atoms with E-state index in [1.807, 2.05) is 6.92 Å². The van der Waals surface area contributed by atoms with Crippen LogP contribution in [0.2, 0.25) is 5.02 Å². The molecule has 1 saturated carbocycles. The van der Waals surface area contributed by atoms with Gasteiger partial charge in [-0.15, -0.1) is 0 Å². The Balaban J connectivity index is 1.36. The molecule has 1 aliphatic heterocycles. The minimum absolute atomic E-state index is 0.166. The fourth-order valence-electron chi connectivity index (χ4n) is 4.52. The highest BCUT2D eigenvalue weighted by Gasteiger charge is 2.49. The maximum absolute atomic E-state index is 12.8. The fourth-order valence-corrected chi connectivity index (χ4v) is 4.69. The van der Waals surface area contributed by atoms with Crippen molar-refractivity contribution in [1.29, 1.82) is 0 Å². The zero-order chi connectivity index (χ0) is 23.7. The molecule has 1 N–H and O–H groups in total. The summed E-state index contributed by atoms with van der Waals surface area (Å²) in [5, 5.41) is 3.14. The van der Waals surface area contributed by atoms with Gasteiger partial charge in [-0.1, -0.05) is 24.6 Å². The molecule has 2 aliphatic rings. The Kier molecular flexibility index (Phi) is 6.51. The van der Waals surface area contributed by atoms with Gasteiger partial charge in [0.05, 0.1) is 23.1 Å². The molecule has 3 atom stereocenters. The number of rotatable bonds is 5. The first-order valence-corrected chi connectivity index (χ1v) is 11.3. The lowest BCUT2D eigenvalue weighted by atomic mass is 9.76. The largest absolute Gasteiger partial charge is 0.452 e. The molecular formula is C25H25ClN2O5. The number of carbonyl (C=O) groups is 4. The van der Waals surface area contributed by atoms with Gasteiger partial charge in [-0.3, -0.25) is 19.3 Å². The van der Waals surface area contributed by atoms with Crippen molar-refractivity contribution >= 4 is 46.7 Å². The molecule has 0 unspecified atom stereocenters. The third-order valence-electron chi connectivity index (χ3n) is 6.36. The molecule has 0 aromatic heterocycles. The number of halogens is 1. The average molecular weight is 469 g/mol. The van der Waals surface area contributed by atoms with Crippen LogP contribution in [0.25, 0.3) is 0 Å². The Morgan fingerprint density at radius 2 is 1.76 bits per heavy atom. The number of nitrogens with one attached hydrogen (secondary N) is 1. The predicted molar refractivity (Wildman–Crippen MR) is 124 cm³/mol. The highest BCUT2D eigenvalue weighted by atomic mass is 35.5. The maximum atomic E-state index is 12.8. The van der Waals surface area contributed by atoms with E-state index in [1.165, 1.54) is 17.0 Å². The van der Waals surface area contributed by atoms with Gasteiger partial charge in [0.2, 0.25) is 11.8 Å². The van der Waals surface area contributed by atoms with Crippen molar-refractivity contribution in [3.63, 3.8) is 0 Å². The summed E-state index contributed by atoms with van der Waals surface area (Å²) >= 11 is 5.95. The van der Waals surface area contributed by atoms with E-state index in [4.69, 9.17) is 16.3 Å². The SMILES string of the molecule is Cc1ccc(Cl)cc1NC(=O)COC(=O)c1ccc(N2C(=O)[C@H]3C[C@@H](C)CC[C@H]3C2=O)cc1. The second-order valence-electron chi connectivity index (χ2n) is 8.77. The Labute approximate surface area is 197 Å². The summed E-state index contributed by atoms with van der Waals surface area (Å²) < 4.78 is 5.10. The van der Waals surface area contributed by atoms with Crippen LogP contribution in [0, 0.1) is 24.7 Å². The van der Waals surface area contributed by atoms with E-state index in [0.29, 0.717) is 22.3 Å². The van der Waals surface area contributed by atoms with Gasteiger partial charge in [0.25, 0.3) is 5.91 Å². The summed E-state index contributed by atoms with van der Waals surface area (Å²) in [6.07, 6.45) is 2.41. The molecule has 7 nitrogen and oxygen atoms in total. The van der Waals surface area contributed by atoms with E-state index >= 15 is 0 Å². The van der Waals surface area contributed by atoms with Crippen LogP contribution < -0.4 is 10.2 Å². The first-order chi connectivity index (χ1) is 15.7. The van der Waals surface area contributed by atoms with Crippen LogP contribution in [-0.2, 0) is 19.1 Å². The molecule has 33 heavy (non-hydrogen) atoms.